The van der Waals surface area contributed by atoms with Crippen molar-refractivity contribution in [3.05, 3.63) is 48.0 Å². The molecule has 8 heteroatoms. The molecular weight excluding hydrogens is 285 g/mol. The van der Waals surface area contributed by atoms with E-state index in [1.54, 1.807) is 24.3 Å². The molecule has 0 aromatic heterocycles. The Balaban J connectivity index is 0.000000677. The van der Waals surface area contributed by atoms with Crippen LogP contribution in [0.2, 0.25) is 0 Å². The van der Waals surface area contributed by atoms with Crippen LogP contribution >= 0.6 is 0 Å². The number of alkyl halides is 3. The fraction of sp³-hybridized carbons (Fsp3) is 0.0769. The lowest BCUT2D eigenvalue weighted by Crippen LogP contribution is -2.08. The number of benzene rings is 2. The molecule has 0 aliphatic heterocycles. The maximum absolute atomic E-state index is 12.9. The summed E-state index contributed by atoms with van der Waals surface area (Å²) in [6, 6.07) is 9.97. The van der Waals surface area contributed by atoms with Crippen LogP contribution in [-0.4, -0.2) is 0 Å². The zero-order chi connectivity index (χ0) is 16.0. The van der Waals surface area contributed by atoms with Crippen LogP contribution in [0.4, 0.5) is 24.5 Å². The Morgan fingerprint density at radius 3 is 1.76 bits per heavy atom. The predicted octanol–water partition coefficient (Wildman–Crippen LogP) is 2.29. The van der Waals surface area contributed by atoms with Crippen molar-refractivity contribution in [1.29, 1.82) is 0 Å². The molecule has 114 valence electrons. The van der Waals surface area contributed by atoms with Crippen LogP contribution in [0.1, 0.15) is 5.56 Å². The average molecular weight is 300 g/mol. The Morgan fingerprint density at radius 1 is 0.810 bits per heavy atom. The first kappa shape index (κ1) is 16.8. The SMILES string of the molecule is NON.Nc1ccc(-c2ccc(N)cc2C(F)(F)F)cc1. The van der Waals surface area contributed by atoms with Crippen LogP contribution < -0.4 is 23.3 Å². The molecule has 2 aromatic carbocycles. The average Bonchev–Trinajstić information content (AvgIpc) is 2.40. The lowest BCUT2D eigenvalue weighted by Gasteiger charge is -2.13. The van der Waals surface area contributed by atoms with E-state index in [1.165, 1.54) is 12.1 Å². The molecule has 2 rings (SSSR count). The number of rotatable bonds is 1. The smallest absolute Gasteiger partial charge is 0.399 e. The highest BCUT2D eigenvalue weighted by Crippen LogP contribution is 2.38. The molecule has 0 unspecified atom stereocenters. The molecule has 21 heavy (non-hydrogen) atoms. The second-order valence-corrected chi connectivity index (χ2v) is 4.06. The Kier molecular flexibility index (Phi) is 5.53. The fourth-order valence-electron chi connectivity index (χ4n) is 1.71. The number of anilines is 2. The quantitative estimate of drug-likeness (QED) is 0.476. The van der Waals surface area contributed by atoms with Crippen LogP contribution in [0.25, 0.3) is 11.1 Å². The van der Waals surface area contributed by atoms with Gasteiger partial charge in [0, 0.05) is 11.4 Å². The Hall–Kier alpha value is -2.29. The van der Waals surface area contributed by atoms with E-state index in [1.807, 2.05) is 0 Å². The molecule has 0 amide bonds. The minimum absolute atomic E-state index is 0.0847. The molecule has 0 heterocycles. The summed E-state index contributed by atoms with van der Waals surface area (Å²) in [4.78, 5) is 3.25. The molecule has 0 radical (unpaired) electrons. The molecule has 0 fully saturated rings. The van der Waals surface area contributed by atoms with E-state index in [2.05, 4.69) is 16.7 Å². The summed E-state index contributed by atoms with van der Waals surface area (Å²) in [6.07, 6.45) is -4.44. The lowest BCUT2D eigenvalue weighted by molar-refractivity contribution is -0.137. The van der Waals surface area contributed by atoms with Gasteiger partial charge in [-0.25, -0.2) is 4.94 Å². The van der Waals surface area contributed by atoms with Crippen molar-refractivity contribution >= 4 is 11.4 Å². The second-order valence-electron chi connectivity index (χ2n) is 4.06. The van der Waals surface area contributed by atoms with Crippen LogP contribution in [0.3, 0.4) is 0 Å². The van der Waals surface area contributed by atoms with E-state index in [0.717, 1.165) is 6.07 Å². The zero-order valence-electron chi connectivity index (χ0n) is 10.9. The minimum Gasteiger partial charge on any atom is -0.399 e. The first-order valence-corrected chi connectivity index (χ1v) is 5.68. The number of halogens is 3. The van der Waals surface area contributed by atoms with Gasteiger partial charge in [-0.15, -0.1) is 0 Å². The van der Waals surface area contributed by atoms with Gasteiger partial charge in [0.1, 0.15) is 0 Å². The zero-order valence-corrected chi connectivity index (χ0v) is 10.9. The maximum Gasteiger partial charge on any atom is 0.417 e. The van der Waals surface area contributed by atoms with Gasteiger partial charge < -0.3 is 11.5 Å². The summed E-state index contributed by atoms with van der Waals surface area (Å²) in [7, 11) is 0. The number of hydrogen-bond acceptors (Lipinski definition) is 5. The van der Waals surface area contributed by atoms with E-state index >= 15 is 0 Å². The molecule has 0 spiro atoms. The third kappa shape index (κ3) is 4.63. The molecule has 5 nitrogen and oxygen atoms in total. The van der Waals surface area contributed by atoms with Crippen molar-refractivity contribution in [1.82, 2.24) is 0 Å². The van der Waals surface area contributed by atoms with Crippen molar-refractivity contribution in [2.24, 2.45) is 11.8 Å². The third-order valence-electron chi connectivity index (χ3n) is 2.57. The van der Waals surface area contributed by atoms with Gasteiger partial charge in [0.25, 0.3) is 0 Å². The van der Waals surface area contributed by atoms with Crippen molar-refractivity contribution in [3.8, 4) is 11.1 Å². The fourth-order valence-corrected chi connectivity index (χ4v) is 1.71. The Morgan fingerprint density at radius 2 is 1.29 bits per heavy atom. The van der Waals surface area contributed by atoms with Gasteiger partial charge in [0.15, 0.2) is 0 Å². The van der Waals surface area contributed by atoms with Crippen LogP contribution in [0.15, 0.2) is 42.5 Å². The molecule has 0 aliphatic carbocycles. The van der Waals surface area contributed by atoms with Crippen LogP contribution in [0.5, 0.6) is 0 Å². The summed E-state index contributed by atoms with van der Waals surface area (Å²) in [5.74, 6) is 8.25. The van der Waals surface area contributed by atoms with E-state index in [0.29, 0.717) is 11.3 Å². The number of nitrogens with two attached hydrogens (primary N) is 4. The topological polar surface area (TPSA) is 113 Å². The standard InChI is InChI=1S/C13H11F3N2.H4N2O/c14-13(15,16)12-7-10(18)5-6-11(12)8-1-3-9(17)4-2-8;1-3-2/h1-7H,17-18H2;1-2H2. The van der Waals surface area contributed by atoms with Crippen molar-refractivity contribution in [2.75, 3.05) is 11.5 Å². The summed E-state index contributed by atoms with van der Waals surface area (Å²) in [5.41, 5.74) is 11.3. The van der Waals surface area contributed by atoms with Gasteiger partial charge in [-0.3, -0.25) is 0 Å². The van der Waals surface area contributed by atoms with Gasteiger partial charge in [0.2, 0.25) is 0 Å². The predicted molar refractivity (Wildman–Crippen MR) is 75.2 cm³/mol. The van der Waals surface area contributed by atoms with Gasteiger partial charge in [-0.05, 0) is 35.4 Å². The lowest BCUT2D eigenvalue weighted by atomic mass is 9.98. The molecule has 0 aliphatic rings. The molecule has 0 bridgehead atoms. The van der Waals surface area contributed by atoms with Crippen molar-refractivity contribution in [3.63, 3.8) is 0 Å². The molecule has 0 saturated carbocycles. The van der Waals surface area contributed by atoms with E-state index in [9.17, 15) is 13.2 Å². The first-order valence-electron chi connectivity index (χ1n) is 5.68. The van der Waals surface area contributed by atoms with E-state index < -0.39 is 11.7 Å². The molecule has 0 saturated heterocycles. The summed E-state index contributed by atoms with van der Waals surface area (Å²) >= 11 is 0. The monoisotopic (exact) mass is 300 g/mol. The third-order valence-corrected chi connectivity index (χ3v) is 2.57. The molecule has 8 N–H and O–H groups in total. The first-order chi connectivity index (χ1) is 9.79. The van der Waals surface area contributed by atoms with Crippen LogP contribution in [-0.2, 0) is 11.1 Å². The van der Waals surface area contributed by atoms with Gasteiger partial charge in [-0.1, -0.05) is 18.2 Å². The second kappa shape index (κ2) is 6.93. The maximum atomic E-state index is 12.9. The Bertz CT molecular complexity index is 585. The molecule has 2 aromatic rings. The minimum atomic E-state index is -4.44. The van der Waals surface area contributed by atoms with Gasteiger partial charge in [-0.2, -0.15) is 25.0 Å². The normalized spacial score (nSPS) is 10.7. The summed E-state index contributed by atoms with van der Waals surface area (Å²) in [6.45, 7) is 0. The highest BCUT2D eigenvalue weighted by molar-refractivity contribution is 5.71. The van der Waals surface area contributed by atoms with E-state index in [4.69, 9.17) is 11.5 Å². The summed E-state index contributed by atoms with van der Waals surface area (Å²) in [5, 5.41) is 0. The van der Waals surface area contributed by atoms with Crippen LogP contribution in [0, 0.1) is 0 Å². The molecular formula is C13H15F3N4O. The highest BCUT2D eigenvalue weighted by Gasteiger charge is 2.33. The van der Waals surface area contributed by atoms with Crippen molar-refractivity contribution in [2.45, 2.75) is 6.18 Å². The van der Waals surface area contributed by atoms with Crippen molar-refractivity contribution < 1.29 is 18.1 Å². The van der Waals surface area contributed by atoms with Gasteiger partial charge in [0.05, 0.1) is 5.56 Å². The number of hydrogen-bond donors (Lipinski definition) is 4. The van der Waals surface area contributed by atoms with E-state index in [-0.39, 0.29) is 11.3 Å². The largest absolute Gasteiger partial charge is 0.417 e. The highest BCUT2D eigenvalue weighted by atomic mass is 19.4. The summed E-state index contributed by atoms with van der Waals surface area (Å²) < 4.78 is 38.7. The van der Waals surface area contributed by atoms with Gasteiger partial charge >= 0.3 is 6.18 Å². The molecule has 0 atom stereocenters. The Labute approximate surface area is 119 Å². The number of nitrogen functional groups attached to an aromatic ring is 2.